The van der Waals surface area contributed by atoms with Gasteiger partial charge in [0.2, 0.25) is 10.0 Å². The Morgan fingerprint density at radius 1 is 1.53 bits per heavy atom. The highest BCUT2D eigenvalue weighted by Crippen LogP contribution is 2.12. The van der Waals surface area contributed by atoms with Gasteiger partial charge in [-0.1, -0.05) is 0 Å². The third kappa shape index (κ3) is 3.24. The van der Waals surface area contributed by atoms with Gasteiger partial charge in [0, 0.05) is 25.0 Å². The molecule has 2 rings (SSSR count). The van der Waals surface area contributed by atoms with Crippen LogP contribution in [-0.2, 0) is 10.0 Å². The van der Waals surface area contributed by atoms with E-state index in [1.165, 1.54) is 6.20 Å². The summed E-state index contributed by atoms with van der Waals surface area (Å²) >= 11 is 0. The molecule has 1 aliphatic rings. The lowest BCUT2D eigenvalue weighted by Gasteiger charge is -2.29. The first kappa shape index (κ1) is 12.5. The van der Waals surface area contributed by atoms with Gasteiger partial charge >= 0.3 is 0 Å². The lowest BCUT2D eigenvalue weighted by atomic mass is 10.1. The van der Waals surface area contributed by atoms with E-state index in [1.807, 2.05) is 7.05 Å². The minimum absolute atomic E-state index is 0.000967. The van der Waals surface area contributed by atoms with Crippen molar-refractivity contribution in [2.75, 3.05) is 20.1 Å². The molecule has 94 valence electrons. The van der Waals surface area contributed by atoms with Crippen molar-refractivity contribution in [1.82, 2.24) is 14.6 Å². The van der Waals surface area contributed by atoms with Crippen molar-refractivity contribution in [2.45, 2.75) is 23.8 Å². The summed E-state index contributed by atoms with van der Waals surface area (Å²) in [5, 5.41) is 0. The van der Waals surface area contributed by atoms with Gasteiger partial charge in [-0.3, -0.25) is 4.98 Å². The molecule has 0 saturated carbocycles. The van der Waals surface area contributed by atoms with Crippen molar-refractivity contribution in [3.8, 4) is 0 Å². The molecule has 1 saturated heterocycles. The SMILES string of the molecule is CN1CCCC(NS(=O)(=O)c2cccnc2)C1. The van der Waals surface area contributed by atoms with Crippen LogP contribution in [0.2, 0.25) is 0 Å². The van der Waals surface area contributed by atoms with E-state index in [9.17, 15) is 8.42 Å². The normalized spacial score (nSPS) is 22.5. The van der Waals surface area contributed by atoms with Gasteiger partial charge < -0.3 is 4.90 Å². The highest BCUT2D eigenvalue weighted by atomic mass is 32.2. The minimum atomic E-state index is -3.42. The zero-order chi connectivity index (χ0) is 12.3. The molecule has 6 heteroatoms. The molecule has 5 nitrogen and oxygen atoms in total. The Balaban J connectivity index is 2.07. The van der Waals surface area contributed by atoms with Crippen molar-refractivity contribution >= 4 is 10.0 Å². The van der Waals surface area contributed by atoms with Crippen molar-refractivity contribution in [3.05, 3.63) is 24.5 Å². The molecular weight excluding hydrogens is 238 g/mol. The van der Waals surface area contributed by atoms with Gasteiger partial charge in [0.15, 0.2) is 0 Å². The predicted molar refractivity (Wildman–Crippen MR) is 65.1 cm³/mol. The summed E-state index contributed by atoms with van der Waals surface area (Å²) in [6.45, 7) is 1.80. The van der Waals surface area contributed by atoms with Crippen molar-refractivity contribution in [2.24, 2.45) is 0 Å². The zero-order valence-electron chi connectivity index (χ0n) is 9.83. The Morgan fingerprint density at radius 3 is 3.00 bits per heavy atom. The largest absolute Gasteiger partial charge is 0.305 e. The van der Waals surface area contributed by atoms with Gasteiger partial charge in [0.05, 0.1) is 0 Å². The molecule has 1 aromatic heterocycles. The summed E-state index contributed by atoms with van der Waals surface area (Å²) < 4.78 is 26.8. The Morgan fingerprint density at radius 2 is 2.35 bits per heavy atom. The van der Waals surface area contributed by atoms with Crippen molar-refractivity contribution < 1.29 is 8.42 Å². The number of sulfonamides is 1. The highest BCUT2D eigenvalue weighted by molar-refractivity contribution is 7.89. The van der Waals surface area contributed by atoms with E-state index >= 15 is 0 Å². The van der Waals surface area contributed by atoms with Gasteiger partial charge in [0.1, 0.15) is 4.90 Å². The topological polar surface area (TPSA) is 62.3 Å². The summed E-state index contributed by atoms with van der Waals surface area (Å²) in [7, 11) is -1.42. The maximum absolute atomic E-state index is 12.0. The van der Waals surface area contributed by atoms with Crippen LogP contribution in [0.1, 0.15) is 12.8 Å². The lowest BCUT2D eigenvalue weighted by Crippen LogP contribution is -2.46. The van der Waals surface area contributed by atoms with Crippen LogP contribution in [0.15, 0.2) is 29.4 Å². The molecule has 0 bridgehead atoms. The summed E-state index contributed by atoms with van der Waals surface area (Å²) in [6.07, 6.45) is 4.85. The van der Waals surface area contributed by atoms with Crippen LogP contribution in [0, 0.1) is 0 Å². The fourth-order valence-electron chi connectivity index (χ4n) is 2.06. The number of nitrogens with zero attached hydrogens (tertiary/aromatic N) is 2. The van der Waals surface area contributed by atoms with Gasteiger partial charge in [-0.25, -0.2) is 13.1 Å². The molecule has 1 atom stereocenters. The first-order valence-corrected chi connectivity index (χ1v) is 7.17. The quantitative estimate of drug-likeness (QED) is 0.852. The third-order valence-electron chi connectivity index (χ3n) is 2.89. The molecule has 0 spiro atoms. The maximum atomic E-state index is 12.0. The number of pyridine rings is 1. The molecule has 1 aliphatic heterocycles. The summed E-state index contributed by atoms with van der Waals surface area (Å²) in [4.78, 5) is 6.20. The molecule has 2 heterocycles. The van der Waals surface area contributed by atoms with Gasteiger partial charge in [-0.2, -0.15) is 0 Å². The van der Waals surface area contributed by atoms with Crippen LogP contribution in [0.3, 0.4) is 0 Å². The molecule has 0 aliphatic carbocycles. The summed E-state index contributed by atoms with van der Waals surface area (Å²) in [5.41, 5.74) is 0. The van der Waals surface area contributed by atoms with E-state index < -0.39 is 10.0 Å². The number of likely N-dealkylation sites (N-methyl/N-ethyl adjacent to an activating group) is 1. The standard InChI is InChI=1S/C11H17N3O2S/c1-14-7-3-4-10(9-14)13-17(15,16)11-5-2-6-12-8-11/h2,5-6,8,10,13H,3-4,7,9H2,1H3. The van der Waals surface area contributed by atoms with Crippen molar-refractivity contribution in [3.63, 3.8) is 0 Å². The molecule has 0 aromatic carbocycles. The second-order valence-corrected chi connectivity index (χ2v) is 6.13. The second kappa shape index (κ2) is 5.12. The van der Waals surface area contributed by atoms with E-state index in [0.717, 1.165) is 25.9 Å². The monoisotopic (exact) mass is 255 g/mol. The van der Waals surface area contributed by atoms with Gasteiger partial charge in [-0.05, 0) is 38.6 Å². The molecule has 1 fully saturated rings. The van der Waals surface area contributed by atoms with E-state index in [1.54, 1.807) is 18.3 Å². The van der Waals surface area contributed by atoms with Crippen LogP contribution in [0.4, 0.5) is 0 Å². The van der Waals surface area contributed by atoms with Gasteiger partial charge in [-0.15, -0.1) is 0 Å². The van der Waals surface area contributed by atoms with E-state index in [4.69, 9.17) is 0 Å². The zero-order valence-corrected chi connectivity index (χ0v) is 10.7. The molecule has 0 radical (unpaired) electrons. The summed E-state index contributed by atoms with van der Waals surface area (Å²) in [5.74, 6) is 0. The third-order valence-corrected chi connectivity index (χ3v) is 4.40. The smallest absolute Gasteiger partial charge is 0.242 e. The average Bonchev–Trinajstić information content (AvgIpc) is 2.29. The fourth-order valence-corrected chi connectivity index (χ4v) is 3.28. The summed E-state index contributed by atoms with van der Waals surface area (Å²) in [6, 6.07) is 3.18. The molecule has 17 heavy (non-hydrogen) atoms. The number of hydrogen-bond acceptors (Lipinski definition) is 4. The second-order valence-electron chi connectivity index (χ2n) is 4.41. The maximum Gasteiger partial charge on any atom is 0.242 e. The molecular formula is C11H17N3O2S. The predicted octanol–water partition coefficient (Wildman–Crippen LogP) is 0.454. The first-order valence-electron chi connectivity index (χ1n) is 5.69. The fraction of sp³-hybridized carbons (Fsp3) is 0.545. The van der Waals surface area contributed by atoms with Crippen LogP contribution in [0.5, 0.6) is 0 Å². The van der Waals surface area contributed by atoms with Crippen LogP contribution in [-0.4, -0.2) is 44.5 Å². The lowest BCUT2D eigenvalue weighted by molar-refractivity contribution is 0.242. The van der Waals surface area contributed by atoms with Crippen molar-refractivity contribution in [1.29, 1.82) is 0 Å². The Hall–Kier alpha value is -0.980. The minimum Gasteiger partial charge on any atom is -0.305 e. The Bertz CT molecular complexity index is 461. The number of hydrogen-bond donors (Lipinski definition) is 1. The number of nitrogens with one attached hydrogen (secondary N) is 1. The van der Waals surface area contributed by atoms with E-state index in [2.05, 4.69) is 14.6 Å². The van der Waals surface area contributed by atoms with Crippen LogP contribution < -0.4 is 4.72 Å². The number of aromatic nitrogens is 1. The molecule has 1 aromatic rings. The molecule has 1 N–H and O–H groups in total. The van der Waals surface area contributed by atoms with Crippen LogP contribution in [0.25, 0.3) is 0 Å². The highest BCUT2D eigenvalue weighted by Gasteiger charge is 2.23. The van der Waals surface area contributed by atoms with Gasteiger partial charge in [0.25, 0.3) is 0 Å². The molecule has 0 amide bonds. The van der Waals surface area contributed by atoms with E-state index in [-0.39, 0.29) is 10.9 Å². The molecule has 1 unspecified atom stereocenters. The Kier molecular flexibility index (Phi) is 3.76. The average molecular weight is 255 g/mol. The number of likely N-dealkylation sites (tertiary alicyclic amines) is 1. The number of piperidine rings is 1. The number of rotatable bonds is 3. The van der Waals surface area contributed by atoms with E-state index in [0.29, 0.717) is 0 Å². The first-order chi connectivity index (χ1) is 8.08. The van der Waals surface area contributed by atoms with Crippen LogP contribution >= 0.6 is 0 Å². The Labute approximate surface area is 102 Å².